The van der Waals surface area contributed by atoms with Gasteiger partial charge >= 0.3 is 5.97 Å². The minimum atomic E-state index is -3.48. The van der Waals surface area contributed by atoms with Crippen molar-refractivity contribution in [1.29, 1.82) is 0 Å². The number of rotatable bonds is 4. The van der Waals surface area contributed by atoms with Crippen LogP contribution in [0.1, 0.15) is 17.3 Å². The highest BCUT2D eigenvalue weighted by atomic mass is 35.5. The van der Waals surface area contributed by atoms with E-state index in [9.17, 15) is 13.2 Å². The lowest BCUT2D eigenvalue weighted by Gasteiger charge is -2.26. The molecule has 0 saturated carbocycles. The first-order valence-corrected chi connectivity index (χ1v) is 7.98. The Hall–Kier alpha value is -1.15. The number of benzene rings is 1. The molecule has 1 aromatic carbocycles. The molecule has 1 aliphatic heterocycles. The molecule has 0 radical (unpaired) electrons. The second kappa shape index (κ2) is 7.74. The predicted molar refractivity (Wildman–Crippen MR) is 81.3 cm³/mol. The minimum absolute atomic E-state index is 0. The molecular weight excluding hydrogens is 316 g/mol. The third-order valence-electron chi connectivity index (χ3n) is 3.08. The van der Waals surface area contributed by atoms with Crippen LogP contribution in [0.5, 0.6) is 0 Å². The zero-order valence-corrected chi connectivity index (χ0v) is 13.4. The van der Waals surface area contributed by atoms with Crippen LogP contribution in [0, 0.1) is 0 Å². The quantitative estimate of drug-likeness (QED) is 0.827. The van der Waals surface area contributed by atoms with Crippen LogP contribution in [-0.2, 0) is 14.8 Å². The van der Waals surface area contributed by atoms with Crippen molar-refractivity contribution in [1.82, 2.24) is 9.62 Å². The van der Waals surface area contributed by atoms with Gasteiger partial charge in [-0.15, -0.1) is 12.4 Å². The average molecular weight is 335 g/mol. The van der Waals surface area contributed by atoms with Gasteiger partial charge in [-0.3, -0.25) is 0 Å². The summed E-state index contributed by atoms with van der Waals surface area (Å²) in [6.07, 6.45) is 0. The topological polar surface area (TPSA) is 75.7 Å². The Bertz CT molecular complexity index is 568. The lowest BCUT2D eigenvalue weighted by molar-refractivity contribution is 0.0526. The average Bonchev–Trinajstić information content (AvgIpc) is 2.48. The summed E-state index contributed by atoms with van der Waals surface area (Å²) >= 11 is 0. The number of esters is 1. The molecule has 118 valence electrons. The van der Waals surface area contributed by atoms with E-state index in [0.717, 1.165) is 0 Å². The standard InChI is InChI=1S/C13H18N2O4S.ClH/c1-2-19-13(16)11-3-5-12(6-4-11)20(17,18)15-9-7-14-8-10-15;/h3-6,14H,2,7-10H2,1H3;1H. The van der Waals surface area contributed by atoms with Gasteiger partial charge in [-0.2, -0.15) is 4.31 Å². The molecular formula is C13H19ClN2O4S. The van der Waals surface area contributed by atoms with Crippen LogP contribution in [0.2, 0.25) is 0 Å². The van der Waals surface area contributed by atoms with E-state index in [4.69, 9.17) is 4.74 Å². The largest absolute Gasteiger partial charge is 0.462 e. The summed E-state index contributed by atoms with van der Waals surface area (Å²) in [6.45, 7) is 4.24. The summed E-state index contributed by atoms with van der Waals surface area (Å²) in [4.78, 5) is 11.7. The maximum Gasteiger partial charge on any atom is 0.338 e. The van der Waals surface area contributed by atoms with Crippen LogP contribution in [0.25, 0.3) is 0 Å². The molecule has 1 N–H and O–H groups in total. The Kier molecular flexibility index (Phi) is 6.60. The van der Waals surface area contributed by atoms with E-state index in [1.165, 1.54) is 28.6 Å². The Morgan fingerprint density at radius 3 is 2.33 bits per heavy atom. The first kappa shape index (κ1) is 17.9. The summed E-state index contributed by atoms with van der Waals surface area (Å²) in [5, 5.41) is 3.11. The molecule has 21 heavy (non-hydrogen) atoms. The van der Waals surface area contributed by atoms with Gasteiger partial charge in [0.25, 0.3) is 0 Å². The fraction of sp³-hybridized carbons (Fsp3) is 0.462. The summed E-state index contributed by atoms with van der Waals surface area (Å²) in [7, 11) is -3.48. The lowest BCUT2D eigenvalue weighted by Crippen LogP contribution is -2.46. The third-order valence-corrected chi connectivity index (χ3v) is 4.99. The Labute approximate surface area is 130 Å². The SMILES string of the molecule is CCOC(=O)c1ccc(S(=O)(=O)N2CCNCC2)cc1.Cl. The van der Waals surface area contributed by atoms with Gasteiger partial charge in [0, 0.05) is 26.2 Å². The monoisotopic (exact) mass is 334 g/mol. The molecule has 0 aromatic heterocycles. The second-order valence-corrected chi connectivity index (χ2v) is 6.34. The molecule has 2 rings (SSSR count). The molecule has 0 atom stereocenters. The second-order valence-electron chi connectivity index (χ2n) is 4.40. The van der Waals surface area contributed by atoms with Crippen LogP contribution < -0.4 is 5.32 Å². The van der Waals surface area contributed by atoms with E-state index in [1.54, 1.807) is 6.92 Å². The number of sulfonamides is 1. The van der Waals surface area contributed by atoms with E-state index in [0.29, 0.717) is 38.3 Å². The Morgan fingerprint density at radius 1 is 1.24 bits per heavy atom. The Balaban J connectivity index is 0.00000220. The first-order chi connectivity index (χ1) is 9.55. The van der Waals surface area contributed by atoms with Crippen molar-refractivity contribution < 1.29 is 17.9 Å². The van der Waals surface area contributed by atoms with Crippen molar-refractivity contribution in [2.45, 2.75) is 11.8 Å². The van der Waals surface area contributed by atoms with Crippen molar-refractivity contribution in [3.05, 3.63) is 29.8 Å². The zero-order chi connectivity index (χ0) is 14.6. The normalized spacial score (nSPS) is 16.0. The van der Waals surface area contributed by atoms with Crippen LogP contribution in [-0.4, -0.2) is 51.5 Å². The van der Waals surface area contributed by atoms with Crippen LogP contribution >= 0.6 is 12.4 Å². The molecule has 6 nitrogen and oxygen atoms in total. The maximum absolute atomic E-state index is 12.4. The molecule has 8 heteroatoms. The summed E-state index contributed by atoms with van der Waals surface area (Å²) < 4.78 is 31.1. The molecule has 1 heterocycles. The molecule has 0 aliphatic carbocycles. The molecule has 0 bridgehead atoms. The van der Waals surface area contributed by atoms with Crippen LogP contribution in [0.15, 0.2) is 29.2 Å². The molecule has 1 aliphatic rings. The number of carbonyl (C=O) groups is 1. The Morgan fingerprint density at radius 2 is 1.81 bits per heavy atom. The number of ether oxygens (including phenoxy) is 1. The number of nitrogens with zero attached hydrogens (tertiary/aromatic N) is 1. The fourth-order valence-corrected chi connectivity index (χ4v) is 3.45. The van der Waals surface area contributed by atoms with Gasteiger partial charge in [0.1, 0.15) is 0 Å². The lowest BCUT2D eigenvalue weighted by atomic mass is 10.2. The summed E-state index contributed by atoms with van der Waals surface area (Å²) in [5.74, 6) is -0.446. The van der Waals surface area contributed by atoms with Gasteiger partial charge in [0.15, 0.2) is 0 Å². The van der Waals surface area contributed by atoms with Crippen molar-refractivity contribution in [2.24, 2.45) is 0 Å². The van der Waals surface area contributed by atoms with E-state index < -0.39 is 16.0 Å². The number of carbonyl (C=O) groups excluding carboxylic acids is 1. The molecule has 1 aromatic rings. The van der Waals surface area contributed by atoms with E-state index >= 15 is 0 Å². The first-order valence-electron chi connectivity index (χ1n) is 6.53. The van der Waals surface area contributed by atoms with E-state index in [1.807, 2.05) is 0 Å². The molecule has 0 unspecified atom stereocenters. The predicted octanol–water partition coefficient (Wildman–Crippen LogP) is 0.879. The number of piperazine rings is 1. The third kappa shape index (κ3) is 4.16. The van der Waals surface area contributed by atoms with Crippen LogP contribution in [0.4, 0.5) is 0 Å². The molecule has 0 amide bonds. The molecule has 0 spiro atoms. The molecule has 1 saturated heterocycles. The van der Waals surface area contributed by atoms with Gasteiger partial charge in [0.2, 0.25) is 10.0 Å². The van der Waals surface area contributed by atoms with Crippen molar-refractivity contribution in [3.63, 3.8) is 0 Å². The molecule has 1 fully saturated rings. The van der Waals surface area contributed by atoms with Gasteiger partial charge in [-0.25, -0.2) is 13.2 Å². The van der Waals surface area contributed by atoms with Crippen molar-refractivity contribution in [2.75, 3.05) is 32.8 Å². The van der Waals surface area contributed by atoms with E-state index in [2.05, 4.69) is 5.32 Å². The van der Waals surface area contributed by atoms with Crippen molar-refractivity contribution in [3.8, 4) is 0 Å². The van der Waals surface area contributed by atoms with Crippen molar-refractivity contribution >= 4 is 28.4 Å². The van der Waals surface area contributed by atoms with Gasteiger partial charge in [-0.05, 0) is 31.2 Å². The van der Waals surface area contributed by atoms with Gasteiger partial charge in [-0.1, -0.05) is 0 Å². The fourth-order valence-electron chi connectivity index (χ4n) is 2.01. The minimum Gasteiger partial charge on any atom is -0.462 e. The zero-order valence-electron chi connectivity index (χ0n) is 11.7. The number of halogens is 1. The summed E-state index contributed by atoms with van der Waals surface area (Å²) in [5.41, 5.74) is 0.353. The number of hydrogen-bond acceptors (Lipinski definition) is 5. The smallest absolute Gasteiger partial charge is 0.338 e. The van der Waals surface area contributed by atoms with Gasteiger partial charge < -0.3 is 10.1 Å². The van der Waals surface area contributed by atoms with Crippen LogP contribution in [0.3, 0.4) is 0 Å². The number of hydrogen-bond donors (Lipinski definition) is 1. The highest BCUT2D eigenvalue weighted by Crippen LogP contribution is 2.17. The van der Waals surface area contributed by atoms with E-state index in [-0.39, 0.29) is 17.3 Å². The summed E-state index contributed by atoms with van der Waals surface area (Å²) in [6, 6.07) is 5.85. The van der Waals surface area contributed by atoms with Gasteiger partial charge in [0.05, 0.1) is 17.1 Å². The number of nitrogens with one attached hydrogen (secondary N) is 1. The highest BCUT2D eigenvalue weighted by molar-refractivity contribution is 7.89. The highest BCUT2D eigenvalue weighted by Gasteiger charge is 2.25. The maximum atomic E-state index is 12.4.